The Bertz CT molecular complexity index is 862. The second-order valence-corrected chi connectivity index (χ2v) is 18.9. The van der Waals surface area contributed by atoms with Crippen LogP contribution in [0.2, 0.25) is 0 Å². The Balaban J connectivity index is 2.51. The third kappa shape index (κ3) is 4.24. The van der Waals surface area contributed by atoms with Crippen LogP contribution >= 0.6 is 38.7 Å². The molecular formula is C12HF10PS4. The maximum absolute atomic E-state index is 13.7. The van der Waals surface area contributed by atoms with Crippen LogP contribution in [0.25, 0.3) is 0 Å². The molecule has 0 fully saturated rings. The zero-order chi connectivity index (χ0) is 20.8. The molecule has 0 aliphatic carbocycles. The normalized spacial score (nSPS) is 12.0. The van der Waals surface area contributed by atoms with Gasteiger partial charge in [-0.3, -0.25) is 0 Å². The van der Waals surface area contributed by atoms with E-state index in [0.29, 0.717) is 0 Å². The Morgan fingerprint density at radius 2 is 0.667 bits per heavy atom. The molecule has 0 aromatic heterocycles. The van der Waals surface area contributed by atoms with E-state index in [0.717, 1.165) is 0 Å². The Morgan fingerprint density at radius 3 is 0.889 bits per heavy atom. The summed E-state index contributed by atoms with van der Waals surface area (Å²) in [5, 5.41) is 0. The van der Waals surface area contributed by atoms with E-state index in [-0.39, 0.29) is 22.8 Å². The lowest BCUT2D eigenvalue weighted by Gasteiger charge is -2.17. The predicted molar refractivity (Wildman–Crippen MR) is 87.4 cm³/mol. The molecule has 0 spiro atoms. The lowest BCUT2D eigenvalue weighted by atomic mass is 10.3. The van der Waals surface area contributed by atoms with Crippen molar-refractivity contribution in [2.45, 2.75) is 9.79 Å². The van der Waals surface area contributed by atoms with Gasteiger partial charge in [0.05, 0.1) is 9.79 Å². The molecule has 0 unspecified atom stereocenters. The van der Waals surface area contributed by atoms with Gasteiger partial charge in [0.1, 0.15) is 3.64 Å². The van der Waals surface area contributed by atoms with Gasteiger partial charge < -0.3 is 0 Å². The molecule has 15 heteroatoms. The van der Waals surface area contributed by atoms with Crippen LogP contribution in [-0.2, 0) is 11.8 Å². The first-order valence-electron chi connectivity index (χ1n) is 6.05. The molecule has 0 aliphatic rings. The lowest BCUT2D eigenvalue weighted by molar-refractivity contribution is 0.361. The number of thiol groups is 1. The average Bonchev–Trinajstić information content (AvgIpc) is 2.62. The third-order valence-corrected chi connectivity index (χ3v) is 10.9. The van der Waals surface area contributed by atoms with Crippen molar-refractivity contribution in [3.05, 3.63) is 58.2 Å². The fourth-order valence-electron chi connectivity index (χ4n) is 1.58. The smallest absolute Gasteiger partial charge is 0.200 e. The number of hydrogen-bond acceptors (Lipinski definition) is 3. The molecule has 0 saturated heterocycles. The second-order valence-electron chi connectivity index (χ2n) is 4.45. The zero-order valence-corrected chi connectivity index (χ0v) is 16.1. The average molecular weight is 494 g/mol. The summed E-state index contributed by atoms with van der Waals surface area (Å²) in [5.41, 5.74) is 0. The van der Waals surface area contributed by atoms with Gasteiger partial charge in [0.2, 0.25) is 11.6 Å². The van der Waals surface area contributed by atoms with Crippen LogP contribution in [0.5, 0.6) is 0 Å². The summed E-state index contributed by atoms with van der Waals surface area (Å²) < 4.78 is 130. The Hall–Kier alpha value is -0.560. The minimum atomic E-state index is -3.86. The van der Waals surface area contributed by atoms with Crippen LogP contribution < -0.4 is 0 Å². The standard InChI is InChI=1S/C12HF10PS4/c13-1-3(15)7(19)11(8(20)4(1)16)26-23(24,25)27-12-9(21)5(17)2(14)6(18)10(12)22/h(H,24,25). The van der Waals surface area contributed by atoms with Crippen LogP contribution in [0.3, 0.4) is 0 Å². The number of hydrogen-bond donors (Lipinski definition) is 1. The highest BCUT2D eigenvalue weighted by Crippen LogP contribution is 2.78. The molecule has 0 atom stereocenters. The second kappa shape index (κ2) is 8.05. The van der Waals surface area contributed by atoms with Crippen molar-refractivity contribution in [3.8, 4) is 0 Å². The fraction of sp³-hybridized carbons (Fsp3) is 0. The highest BCUT2D eigenvalue weighted by molar-refractivity contribution is 9.20. The summed E-state index contributed by atoms with van der Waals surface area (Å²) in [7, 11) is 0. The first-order chi connectivity index (χ1) is 12.3. The molecular weight excluding hydrogens is 493 g/mol. The molecule has 27 heavy (non-hydrogen) atoms. The largest absolute Gasteiger partial charge is 0.202 e. The molecule has 0 bridgehead atoms. The molecule has 148 valence electrons. The van der Waals surface area contributed by atoms with Gasteiger partial charge >= 0.3 is 0 Å². The Labute approximate surface area is 162 Å². The molecule has 0 radical (unpaired) electrons. The maximum Gasteiger partial charge on any atom is 0.200 e. The zero-order valence-electron chi connectivity index (χ0n) is 11.9. The van der Waals surface area contributed by atoms with Crippen molar-refractivity contribution in [1.82, 2.24) is 0 Å². The van der Waals surface area contributed by atoms with Crippen LogP contribution in [0, 0.1) is 58.2 Å². The summed E-state index contributed by atoms with van der Waals surface area (Å²) in [4.78, 5) is -3.00. The van der Waals surface area contributed by atoms with Crippen LogP contribution in [-0.4, -0.2) is 0 Å². The lowest BCUT2D eigenvalue weighted by Crippen LogP contribution is -2.03. The molecule has 2 aromatic carbocycles. The van der Waals surface area contributed by atoms with Crippen molar-refractivity contribution < 1.29 is 43.9 Å². The fourth-order valence-corrected chi connectivity index (χ4v) is 9.70. The molecule has 0 saturated carbocycles. The van der Waals surface area contributed by atoms with Gasteiger partial charge in [-0.1, -0.05) is 34.6 Å². The highest BCUT2D eigenvalue weighted by atomic mass is 33.5. The summed E-state index contributed by atoms with van der Waals surface area (Å²) in [6, 6.07) is 0. The summed E-state index contributed by atoms with van der Waals surface area (Å²) in [6.45, 7) is 0. The minimum Gasteiger partial charge on any atom is -0.202 e. The van der Waals surface area contributed by atoms with E-state index in [1.165, 1.54) is 0 Å². The monoisotopic (exact) mass is 494 g/mol. The third-order valence-electron chi connectivity index (χ3n) is 2.75. The Kier molecular flexibility index (Phi) is 6.78. The van der Waals surface area contributed by atoms with Gasteiger partial charge in [-0.2, -0.15) is 0 Å². The number of halogens is 10. The van der Waals surface area contributed by atoms with Crippen molar-refractivity contribution in [1.29, 1.82) is 0 Å². The van der Waals surface area contributed by atoms with Gasteiger partial charge in [-0.25, -0.2) is 43.9 Å². The first kappa shape index (κ1) is 22.7. The van der Waals surface area contributed by atoms with Gasteiger partial charge in [-0.05, 0) is 0 Å². The predicted octanol–water partition coefficient (Wildman–Crippen LogP) is 7.12. The SMILES string of the molecule is Fc1c(F)c(F)c(SP(=S)(S)Sc2c(F)c(F)c(F)c(F)c2F)c(F)c1F. The van der Waals surface area contributed by atoms with Crippen molar-refractivity contribution in [3.63, 3.8) is 0 Å². The minimum absolute atomic E-state index is 0.251. The summed E-state index contributed by atoms with van der Waals surface area (Å²) >= 11 is 7.93. The van der Waals surface area contributed by atoms with E-state index in [2.05, 4.69) is 12.2 Å². The number of rotatable bonds is 4. The van der Waals surface area contributed by atoms with Crippen LogP contribution in [0.4, 0.5) is 43.9 Å². The van der Waals surface area contributed by atoms with E-state index in [1.54, 1.807) is 0 Å². The molecule has 0 amide bonds. The van der Waals surface area contributed by atoms with Gasteiger partial charge in [0.25, 0.3) is 0 Å². The van der Waals surface area contributed by atoms with Gasteiger partial charge in [0, 0.05) is 0 Å². The van der Waals surface area contributed by atoms with E-state index in [9.17, 15) is 43.9 Å². The molecule has 0 N–H and O–H groups in total. The van der Waals surface area contributed by atoms with E-state index < -0.39 is 71.6 Å². The summed E-state index contributed by atoms with van der Waals surface area (Å²) in [6.07, 6.45) is 0. The van der Waals surface area contributed by atoms with E-state index in [4.69, 9.17) is 11.8 Å². The molecule has 2 rings (SSSR count). The van der Waals surface area contributed by atoms with Crippen molar-refractivity contribution in [2.24, 2.45) is 0 Å². The molecule has 0 aliphatic heterocycles. The number of benzene rings is 2. The van der Waals surface area contributed by atoms with Gasteiger partial charge in [-0.15, -0.1) is 12.2 Å². The van der Waals surface area contributed by atoms with Crippen molar-refractivity contribution in [2.75, 3.05) is 0 Å². The van der Waals surface area contributed by atoms with E-state index in [1.807, 2.05) is 0 Å². The van der Waals surface area contributed by atoms with Crippen LogP contribution in [0.1, 0.15) is 0 Å². The van der Waals surface area contributed by atoms with Gasteiger partial charge in [0.15, 0.2) is 46.5 Å². The topological polar surface area (TPSA) is 0 Å². The van der Waals surface area contributed by atoms with E-state index >= 15 is 0 Å². The Morgan fingerprint density at radius 1 is 0.481 bits per heavy atom. The molecule has 2 aromatic rings. The molecule has 0 nitrogen and oxygen atoms in total. The van der Waals surface area contributed by atoms with Crippen molar-refractivity contribution >= 4 is 50.5 Å². The maximum atomic E-state index is 13.7. The first-order valence-corrected chi connectivity index (χ1v) is 12.8. The van der Waals surface area contributed by atoms with Crippen LogP contribution in [0.15, 0.2) is 9.79 Å². The summed E-state index contributed by atoms with van der Waals surface area (Å²) in [5.74, 6) is -23.2. The quantitative estimate of drug-likeness (QED) is 0.158. The molecule has 0 heterocycles. The highest BCUT2D eigenvalue weighted by Gasteiger charge is 2.33.